The van der Waals surface area contributed by atoms with Crippen molar-refractivity contribution < 1.29 is 24.0 Å². The Kier molecular flexibility index (Phi) is 12.4. The van der Waals surface area contributed by atoms with E-state index in [1.165, 1.54) is 30.0 Å². The monoisotopic (exact) mass is 467 g/mol. The van der Waals surface area contributed by atoms with Gasteiger partial charge < -0.3 is 15.4 Å². The lowest BCUT2D eigenvalue weighted by molar-refractivity contribution is -0.384. The Labute approximate surface area is 193 Å². The summed E-state index contributed by atoms with van der Waals surface area (Å²) >= 11 is 1.49. The lowest BCUT2D eigenvalue weighted by Crippen LogP contribution is -2.44. The third-order valence-corrected chi connectivity index (χ3v) is 5.34. The molecule has 9 nitrogen and oxygen atoms in total. The number of non-ortho nitro benzene ring substituents is 1. The standard InChI is InChI=1S/C22H33N3O6S/c1-15(2)7-5-8-16(3)23-20(26)14-31-22(28)19(11-12-32-4)24-21(27)17-9-6-10-18(13-17)25(29)30/h6,9-10,13,15-16,19H,5,7-8,11-12,14H2,1-4H3,(H,23,26)(H,24,27). The number of ether oxygens (including phenoxy) is 1. The van der Waals surface area contributed by atoms with Crippen LogP contribution < -0.4 is 10.6 Å². The fourth-order valence-electron chi connectivity index (χ4n) is 2.95. The van der Waals surface area contributed by atoms with Gasteiger partial charge in [0.25, 0.3) is 17.5 Å². The van der Waals surface area contributed by atoms with Crippen LogP contribution in [-0.2, 0) is 14.3 Å². The van der Waals surface area contributed by atoms with Gasteiger partial charge in [-0.3, -0.25) is 19.7 Å². The number of nitro benzene ring substituents is 1. The minimum atomic E-state index is -0.967. The molecule has 10 heteroatoms. The van der Waals surface area contributed by atoms with Gasteiger partial charge in [-0.15, -0.1) is 0 Å². The van der Waals surface area contributed by atoms with E-state index >= 15 is 0 Å². The third-order valence-electron chi connectivity index (χ3n) is 4.69. The highest BCUT2D eigenvalue weighted by Gasteiger charge is 2.24. The van der Waals surface area contributed by atoms with Crippen LogP contribution in [0.2, 0.25) is 0 Å². The predicted molar refractivity (Wildman–Crippen MR) is 125 cm³/mol. The summed E-state index contributed by atoms with van der Waals surface area (Å²) in [6.07, 6.45) is 5.08. The molecule has 2 amide bonds. The average molecular weight is 468 g/mol. The molecule has 0 aliphatic heterocycles. The van der Waals surface area contributed by atoms with E-state index in [9.17, 15) is 24.5 Å². The number of amides is 2. The van der Waals surface area contributed by atoms with Crippen LogP contribution in [0.3, 0.4) is 0 Å². The molecule has 32 heavy (non-hydrogen) atoms. The summed E-state index contributed by atoms with van der Waals surface area (Å²) in [5.74, 6) is -0.563. The van der Waals surface area contributed by atoms with Crippen molar-refractivity contribution in [2.45, 2.75) is 58.5 Å². The van der Waals surface area contributed by atoms with Crippen molar-refractivity contribution in [2.75, 3.05) is 18.6 Å². The third kappa shape index (κ3) is 10.6. The Morgan fingerprint density at radius 1 is 1.12 bits per heavy atom. The second kappa shape index (κ2) is 14.4. The first-order valence-electron chi connectivity index (χ1n) is 10.6. The zero-order chi connectivity index (χ0) is 24.1. The lowest BCUT2D eigenvalue weighted by Gasteiger charge is -2.18. The SMILES string of the molecule is CSCCC(NC(=O)c1cccc([N+](=O)[O-])c1)C(=O)OCC(=O)NC(C)CCCC(C)C. The van der Waals surface area contributed by atoms with Gasteiger partial charge in [0.1, 0.15) is 6.04 Å². The number of rotatable bonds is 14. The Morgan fingerprint density at radius 3 is 2.47 bits per heavy atom. The van der Waals surface area contributed by atoms with E-state index in [1.807, 2.05) is 13.2 Å². The predicted octanol–water partition coefficient (Wildman–Crippen LogP) is 3.32. The summed E-state index contributed by atoms with van der Waals surface area (Å²) in [4.78, 5) is 47.4. The van der Waals surface area contributed by atoms with Crippen molar-refractivity contribution in [3.63, 3.8) is 0 Å². The summed E-state index contributed by atoms with van der Waals surface area (Å²) in [5, 5.41) is 16.3. The highest BCUT2D eigenvalue weighted by Crippen LogP contribution is 2.14. The number of esters is 1. The number of thioether (sulfide) groups is 1. The van der Waals surface area contributed by atoms with E-state index in [4.69, 9.17) is 4.74 Å². The van der Waals surface area contributed by atoms with Gasteiger partial charge in [0, 0.05) is 23.7 Å². The molecule has 178 valence electrons. The summed E-state index contributed by atoms with van der Waals surface area (Å²) in [7, 11) is 0. The lowest BCUT2D eigenvalue weighted by atomic mass is 10.0. The van der Waals surface area contributed by atoms with Crippen molar-refractivity contribution in [3.8, 4) is 0 Å². The number of nitro groups is 1. The summed E-state index contributed by atoms with van der Waals surface area (Å²) in [6, 6.07) is 4.24. The van der Waals surface area contributed by atoms with Crippen molar-refractivity contribution in [2.24, 2.45) is 5.92 Å². The van der Waals surface area contributed by atoms with Crippen LogP contribution in [0.5, 0.6) is 0 Å². The van der Waals surface area contributed by atoms with Gasteiger partial charge in [0.2, 0.25) is 0 Å². The molecule has 0 saturated heterocycles. The van der Waals surface area contributed by atoms with Crippen molar-refractivity contribution >= 4 is 35.2 Å². The van der Waals surface area contributed by atoms with E-state index in [1.54, 1.807) is 0 Å². The molecule has 1 rings (SSSR count). The molecule has 0 aliphatic carbocycles. The van der Waals surface area contributed by atoms with E-state index in [2.05, 4.69) is 24.5 Å². The maximum Gasteiger partial charge on any atom is 0.329 e. The first-order chi connectivity index (χ1) is 15.1. The minimum absolute atomic E-state index is 0.0270. The van der Waals surface area contributed by atoms with Crippen LogP contribution in [-0.4, -0.2) is 53.4 Å². The molecule has 0 heterocycles. The van der Waals surface area contributed by atoms with Gasteiger partial charge in [0.05, 0.1) is 4.92 Å². The van der Waals surface area contributed by atoms with E-state index in [-0.39, 0.29) is 17.3 Å². The molecule has 0 saturated carbocycles. The van der Waals surface area contributed by atoms with Crippen LogP contribution in [0, 0.1) is 16.0 Å². The molecule has 1 aromatic rings. The number of hydrogen-bond donors (Lipinski definition) is 2. The van der Waals surface area contributed by atoms with Crippen LogP contribution >= 0.6 is 11.8 Å². The maximum absolute atomic E-state index is 12.5. The number of benzene rings is 1. The molecule has 0 aliphatic rings. The molecule has 0 aromatic heterocycles. The van der Waals surface area contributed by atoms with Crippen LogP contribution in [0.4, 0.5) is 5.69 Å². The molecule has 1 aromatic carbocycles. The highest BCUT2D eigenvalue weighted by molar-refractivity contribution is 7.98. The van der Waals surface area contributed by atoms with Crippen LogP contribution in [0.15, 0.2) is 24.3 Å². The molecular formula is C22H33N3O6S. The van der Waals surface area contributed by atoms with Gasteiger partial charge in [-0.25, -0.2) is 4.79 Å². The topological polar surface area (TPSA) is 128 Å². The number of nitrogens with one attached hydrogen (secondary N) is 2. The second-order valence-electron chi connectivity index (χ2n) is 8.02. The average Bonchev–Trinajstić information content (AvgIpc) is 2.74. The Morgan fingerprint density at radius 2 is 1.84 bits per heavy atom. The quantitative estimate of drug-likeness (QED) is 0.244. The first-order valence-corrected chi connectivity index (χ1v) is 12.0. The maximum atomic E-state index is 12.5. The Bertz CT molecular complexity index is 787. The smallest absolute Gasteiger partial charge is 0.329 e. The zero-order valence-corrected chi connectivity index (χ0v) is 19.9. The zero-order valence-electron chi connectivity index (χ0n) is 19.1. The van der Waals surface area contributed by atoms with E-state index in [0.717, 1.165) is 25.3 Å². The van der Waals surface area contributed by atoms with Gasteiger partial charge in [0.15, 0.2) is 6.61 Å². The number of hydrogen-bond acceptors (Lipinski definition) is 7. The van der Waals surface area contributed by atoms with E-state index in [0.29, 0.717) is 18.1 Å². The van der Waals surface area contributed by atoms with Crippen molar-refractivity contribution in [1.82, 2.24) is 10.6 Å². The molecule has 0 fully saturated rings. The molecule has 0 bridgehead atoms. The summed E-state index contributed by atoms with van der Waals surface area (Å²) < 4.78 is 5.12. The first kappa shape index (κ1) is 27.4. The van der Waals surface area contributed by atoms with E-state index < -0.39 is 35.4 Å². The molecular weight excluding hydrogens is 434 g/mol. The number of carbonyl (C=O) groups excluding carboxylic acids is 3. The summed E-state index contributed by atoms with van der Waals surface area (Å²) in [5.41, 5.74) is -0.158. The van der Waals surface area contributed by atoms with Crippen LogP contribution in [0.1, 0.15) is 56.8 Å². The van der Waals surface area contributed by atoms with Crippen molar-refractivity contribution in [3.05, 3.63) is 39.9 Å². The molecule has 2 unspecified atom stereocenters. The largest absolute Gasteiger partial charge is 0.454 e. The fourth-order valence-corrected chi connectivity index (χ4v) is 3.42. The van der Waals surface area contributed by atoms with Gasteiger partial charge >= 0.3 is 5.97 Å². The normalized spacial score (nSPS) is 12.7. The van der Waals surface area contributed by atoms with Crippen molar-refractivity contribution in [1.29, 1.82) is 0 Å². The number of carbonyl (C=O) groups is 3. The second-order valence-corrected chi connectivity index (χ2v) is 9.00. The fraction of sp³-hybridized carbons (Fsp3) is 0.591. The van der Waals surface area contributed by atoms with Gasteiger partial charge in [-0.05, 0) is 43.8 Å². The number of nitrogens with zero attached hydrogens (tertiary/aromatic N) is 1. The van der Waals surface area contributed by atoms with Gasteiger partial charge in [-0.1, -0.05) is 32.8 Å². The Balaban J connectivity index is 2.62. The molecule has 0 spiro atoms. The highest BCUT2D eigenvalue weighted by atomic mass is 32.2. The molecule has 2 atom stereocenters. The molecule has 0 radical (unpaired) electrons. The minimum Gasteiger partial charge on any atom is -0.454 e. The molecule has 2 N–H and O–H groups in total. The summed E-state index contributed by atoms with van der Waals surface area (Å²) in [6.45, 7) is 5.76. The Hall–Kier alpha value is -2.62. The van der Waals surface area contributed by atoms with Crippen LogP contribution in [0.25, 0.3) is 0 Å². The van der Waals surface area contributed by atoms with Gasteiger partial charge in [-0.2, -0.15) is 11.8 Å².